The van der Waals surface area contributed by atoms with Crippen LogP contribution < -0.4 is 11.1 Å². The number of nitrogens with one attached hydrogen (secondary N) is 1. The molecule has 6 nitrogen and oxygen atoms in total. The Bertz CT molecular complexity index is 282. The predicted octanol–water partition coefficient (Wildman–Crippen LogP) is -1.71. The van der Waals surface area contributed by atoms with Crippen molar-refractivity contribution in [2.75, 3.05) is 20.1 Å². The molecule has 0 bridgehead atoms. The third kappa shape index (κ3) is 2.70. The fraction of sp³-hybridized carbons (Fsp3) is 0.800. The Labute approximate surface area is 94.8 Å². The number of nitrogens with zero attached hydrogens (tertiary/aromatic N) is 1. The van der Waals surface area contributed by atoms with Crippen LogP contribution in [0.2, 0.25) is 0 Å². The normalized spacial score (nSPS) is 26.8. The van der Waals surface area contributed by atoms with Gasteiger partial charge in [-0.3, -0.25) is 9.59 Å². The van der Waals surface area contributed by atoms with E-state index in [9.17, 15) is 14.7 Å². The van der Waals surface area contributed by atoms with E-state index in [1.54, 1.807) is 14.0 Å². The summed E-state index contributed by atoms with van der Waals surface area (Å²) in [6, 6.07) is -0.665. The molecule has 0 aromatic carbocycles. The minimum Gasteiger partial charge on any atom is -0.391 e. The maximum atomic E-state index is 12.0. The summed E-state index contributed by atoms with van der Waals surface area (Å²) < 4.78 is 0. The third-order valence-electron chi connectivity index (χ3n) is 2.82. The van der Waals surface area contributed by atoms with Crippen LogP contribution in [0.1, 0.15) is 13.3 Å². The van der Waals surface area contributed by atoms with Crippen LogP contribution in [0.5, 0.6) is 0 Å². The molecule has 1 heterocycles. The van der Waals surface area contributed by atoms with E-state index in [1.165, 1.54) is 4.90 Å². The second-order valence-corrected chi connectivity index (χ2v) is 4.26. The summed E-state index contributed by atoms with van der Waals surface area (Å²) in [7, 11) is 1.76. The molecule has 0 aromatic rings. The highest BCUT2D eigenvalue weighted by Gasteiger charge is 2.38. The van der Waals surface area contributed by atoms with Crippen LogP contribution in [0.25, 0.3) is 0 Å². The Hall–Kier alpha value is -1.14. The number of primary amides is 1. The molecule has 1 saturated heterocycles. The first kappa shape index (κ1) is 12.9. The molecular weight excluding hydrogens is 210 g/mol. The third-order valence-corrected chi connectivity index (χ3v) is 2.82. The number of hydrogen-bond acceptors (Lipinski definition) is 4. The number of aliphatic hydroxyl groups is 1. The summed E-state index contributed by atoms with van der Waals surface area (Å²) in [5.41, 5.74) is 5.20. The quantitative estimate of drug-likeness (QED) is 0.535. The first-order chi connectivity index (χ1) is 7.47. The lowest BCUT2D eigenvalue weighted by atomic mass is 10.1. The number of hydrogen-bond donors (Lipinski definition) is 3. The maximum Gasteiger partial charge on any atom is 0.240 e. The fourth-order valence-corrected chi connectivity index (χ4v) is 2.00. The van der Waals surface area contributed by atoms with Gasteiger partial charge in [-0.25, -0.2) is 0 Å². The number of β-amino-alcohol motifs (C(OH)–C–C–N with tert-alkyl or cyclic N) is 1. The van der Waals surface area contributed by atoms with Crippen molar-refractivity contribution in [3.05, 3.63) is 0 Å². The van der Waals surface area contributed by atoms with Crippen molar-refractivity contribution in [2.24, 2.45) is 11.7 Å². The van der Waals surface area contributed by atoms with Crippen LogP contribution in [0.3, 0.4) is 0 Å². The van der Waals surface area contributed by atoms with E-state index < -0.39 is 18.1 Å². The summed E-state index contributed by atoms with van der Waals surface area (Å²) >= 11 is 0. The van der Waals surface area contributed by atoms with Gasteiger partial charge in [-0.1, -0.05) is 6.92 Å². The van der Waals surface area contributed by atoms with Gasteiger partial charge in [-0.05, 0) is 7.05 Å². The van der Waals surface area contributed by atoms with Crippen molar-refractivity contribution < 1.29 is 14.7 Å². The zero-order valence-electron chi connectivity index (χ0n) is 9.64. The van der Waals surface area contributed by atoms with Crippen molar-refractivity contribution in [1.29, 1.82) is 0 Å². The van der Waals surface area contributed by atoms with E-state index in [0.29, 0.717) is 6.54 Å². The van der Waals surface area contributed by atoms with Gasteiger partial charge < -0.3 is 21.1 Å². The predicted molar refractivity (Wildman–Crippen MR) is 58.4 cm³/mol. The molecule has 3 unspecified atom stereocenters. The van der Waals surface area contributed by atoms with Crippen LogP contribution in [-0.4, -0.2) is 54.1 Å². The zero-order chi connectivity index (χ0) is 12.3. The molecule has 6 heteroatoms. The van der Waals surface area contributed by atoms with Gasteiger partial charge in [-0.15, -0.1) is 0 Å². The Morgan fingerprint density at radius 1 is 1.62 bits per heavy atom. The highest BCUT2D eigenvalue weighted by Crippen LogP contribution is 2.19. The van der Waals surface area contributed by atoms with Crippen LogP contribution >= 0.6 is 0 Å². The summed E-state index contributed by atoms with van der Waals surface area (Å²) in [5.74, 6) is -0.923. The molecule has 3 atom stereocenters. The fourth-order valence-electron chi connectivity index (χ4n) is 2.00. The number of aliphatic hydroxyl groups excluding tert-OH is 1. The van der Waals surface area contributed by atoms with Gasteiger partial charge >= 0.3 is 0 Å². The lowest BCUT2D eigenvalue weighted by Gasteiger charge is -2.25. The van der Waals surface area contributed by atoms with Crippen molar-refractivity contribution in [2.45, 2.75) is 25.5 Å². The average Bonchev–Trinajstić information content (AvgIpc) is 2.59. The first-order valence-electron chi connectivity index (χ1n) is 5.39. The standard InChI is InChI=1S/C10H19N3O3/c1-6(4-12-2)10(16)13-5-7(14)3-8(13)9(11)15/h6-8,12,14H,3-5H2,1-2H3,(H2,11,15). The zero-order valence-corrected chi connectivity index (χ0v) is 9.64. The molecule has 0 radical (unpaired) electrons. The molecule has 1 rings (SSSR count). The second kappa shape index (κ2) is 5.27. The molecule has 0 saturated carbocycles. The molecule has 4 N–H and O–H groups in total. The highest BCUT2D eigenvalue weighted by atomic mass is 16.3. The Morgan fingerprint density at radius 3 is 2.75 bits per heavy atom. The van der Waals surface area contributed by atoms with Crippen LogP contribution in [0.15, 0.2) is 0 Å². The number of carbonyl (C=O) groups excluding carboxylic acids is 2. The summed E-state index contributed by atoms with van der Waals surface area (Å²) in [6.07, 6.45) is -0.406. The lowest BCUT2D eigenvalue weighted by Crippen LogP contribution is -2.47. The topological polar surface area (TPSA) is 95.7 Å². The molecule has 0 aliphatic carbocycles. The van der Waals surface area contributed by atoms with E-state index in [-0.39, 0.29) is 24.8 Å². The van der Waals surface area contributed by atoms with Crippen molar-refractivity contribution in [1.82, 2.24) is 10.2 Å². The summed E-state index contributed by atoms with van der Waals surface area (Å²) in [5, 5.41) is 12.4. The van der Waals surface area contributed by atoms with Gasteiger partial charge in [0.1, 0.15) is 6.04 Å². The first-order valence-corrected chi connectivity index (χ1v) is 5.39. The molecule has 1 fully saturated rings. The SMILES string of the molecule is CNCC(C)C(=O)N1CC(O)CC1C(N)=O. The van der Waals surface area contributed by atoms with Crippen LogP contribution in [-0.2, 0) is 9.59 Å². The van der Waals surface area contributed by atoms with E-state index in [1.807, 2.05) is 0 Å². The van der Waals surface area contributed by atoms with Crippen LogP contribution in [0, 0.1) is 5.92 Å². The molecule has 1 aliphatic heterocycles. The van der Waals surface area contributed by atoms with Crippen molar-refractivity contribution >= 4 is 11.8 Å². The molecule has 0 aromatic heterocycles. The van der Waals surface area contributed by atoms with E-state index >= 15 is 0 Å². The van der Waals surface area contributed by atoms with Crippen molar-refractivity contribution in [3.63, 3.8) is 0 Å². The van der Waals surface area contributed by atoms with Gasteiger partial charge in [0, 0.05) is 25.4 Å². The van der Waals surface area contributed by atoms with Gasteiger partial charge in [0.2, 0.25) is 11.8 Å². The second-order valence-electron chi connectivity index (χ2n) is 4.26. The Balaban J connectivity index is 2.70. The van der Waals surface area contributed by atoms with Crippen LogP contribution in [0.4, 0.5) is 0 Å². The van der Waals surface area contributed by atoms with E-state index in [2.05, 4.69) is 5.32 Å². The largest absolute Gasteiger partial charge is 0.391 e. The molecule has 92 valence electrons. The Morgan fingerprint density at radius 2 is 2.25 bits per heavy atom. The minimum atomic E-state index is -0.665. The Kier molecular flexibility index (Phi) is 4.26. The van der Waals surface area contributed by atoms with Gasteiger partial charge in [0.15, 0.2) is 0 Å². The number of amides is 2. The number of rotatable bonds is 4. The molecule has 1 aliphatic rings. The van der Waals surface area contributed by atoms with E-state index in [0.717, 1.165) is 0 Å². The van der Waals surface area contributed by atoms with E-state index in [4.69, 9.17) is 5.73 Å². The minimum absolute atomic E-state index is 0.144. The molecule has 2 amide bonds. The van der Waals surface area contributed by atoms with Gasteiger partial charge in [-0.2, -0.15) is 0 Å². The average molecular weight is 229 g/mol. The molecule has 16 heavy (non-hydrogen) atoms. The smallest absolute Gasteiger partial charge is 0.240 e. The number of carbonyl (C=O) groups is 2. The number of nitrogens with two attached hydrogens (primary N) is 1. The van der Waals surface area contributed by atoms with Gasteiger partial charge in [0.25, 0.3) is 0 Å². The summed E-state index contributed by atoms with van der Waals surface area (Å²) in [6.45, 7) is 2.51. The number of likely N-dealkylation sites (tertiary alicyclic amines) is 1. The highest BCUT2D eigenvalue weighted by molar-refractivity contribution is 5.88. The molecule has 0 spiro atoms. The maximum absolute atomic E-state index is 12.0. The molecular formula is C10H19N3O3. The summed E-state index contributed by atoms with van der Waals surface area (Å²) in [4.78, 5) is 24.5. The van der Waals surface area contributed by atoms with Crippen molar-refractivity contribution in [3.8, 4) is 0 Å². The van der Waals surface area contributed by atoms with Gasteiger partial charge in [0.05, 0.1) is 6.10 Å². The monoisotopic (exact) mass is 229 g/mol. The lowest BCUT2D eigenvalue weighted by molar-refractivity contribution is -0.140.